The third kappa shape index (κ3) is 6.04. The summed E-state index contributed by atoms with van der Waals surface area (Å²) in [7, 11) is -3.55. The molecule has 19 heavy (non-hydrogen) atoms. The standard InChI is InChI=1S/C13H21NO4S/c1-11(2)10-18-8-4-7-14-19(16,17)13-6-3-5-12(15)9-13/h3,5-6,9,11,14-15H,4,7-8,10H2,1-2H3. The molecule has 0 saturated heterocycles. The lowest BCUT2D eigenvalue weighted by Gasteiger charge is -2.08. The second kappa shape index (κ2) is 7.47. The summed E-state index contributed by atoms with van der Waals surface area (Å²) in [5.74, 6) is 0.409. The number of nitrogens with one attached hydrogen (secondary N) is 1. The molecule has 0 aliphatic rings. The number of phenolic OH excluding ortho intramolecular Hbond substituents is 1. The lowest BCUT2D eigenvalue weighted by atomic mass is 10.2. The van der Waals surface area contributed by atoms with Gasteiger partial charge in [0.05, 0.1) is 4.90 Å². The van der Waals surface area contributed by atoms with Crippen molar-refractivity contribution in [1.82, 2.24) is 4.72 Å². The normalized spacial score (nSPS) is 11.9. The van der Waals surface area contributed by atoms with Crippen LogP contribution in [0.2, 0.25) is 0 Å². The average molecular weight is 287 g/mol. The van der Waals surface area contributed by atoms with Crippen molar-refractivity contribution in [2.24, 2.45) is 5.92 Å². The fourth-order valence-electron chi connectivity index (χ4n) is 1.43. The highest BCUT2D eigenvalue weighted by Crippen LogP contribution is 2.15. The number of hydrogen-bond donors (Lipinski definition) is 2. The topological polar surface area (TPSA) is 75.6 Å². The predicted octanol–water partition coefficient (Wildman–Crippen LogP) is 1.73. The SMILES string of the molecule is CC(C)COCCCNS(=O)(=O)c1cccc(O)c1. The second-order valence-corrected chi connectivity index (χ2v) is 6.48. The van der Waals surface area contributed by atoms with Gasteiger partial charge >= 0.3 is 0 Å². The summed E-state index contributed by atoms with van der Waals surface area (Å²) in [5, 5.41) is 9.26. The number of rotatable bonds is 8. The highest BCUT2D eigenvalue weighted by Gasteiger charge is 2.13. The molecule has 1 aromatic rings. The number of phenols is 1. The molecule has 0 heterocycles. The van der Waals surface area contributed by atoms with Crippen LogP contribution in [0.4, 0.5) is 0 Å². The van der Waals surface area contributed by atoms with Gasteiger partial charge in [-0.2, -0.15) is 0 Å². The van der Waals surface area contributed by atoms with Gasteiger partial charge in [-0.1, -0.05) is 19.9 Å². The summed E-state index contributed by atoms with van der Waals surface area (Å²) < 4.78 is 31.6. The van der Waals surface area contributed by atoms with Gasteiger partial charge in [0.1, 0.15) is 5.75 Å². The first-order valence-electron chi connectivity index (χ1n) is 6.28. The van der Waals surface area contributed by atoms with E-state index in [-0.39, 0.29) is 10.6 Å². The van der Waals surface area contributed by atoms with Crippen LogP contribution in [0.15, 0.2) is 29.2 Å². The Morgan fingerprint density at radius 3 is 2.74 bits per heavy atom. The third-order valence-corrected chi connectivity index (χ3v) is 3.80. The molecule has 0 radical (unpaired) electrons. The zero-order chi connectivity index (χ0) is 14.3. The summed E-state index contributed by atoms with van der Waals surface area (Å²) in [6.45, 7) is 5.64. The minimum Gasteiger partial charge on any atom is -0.508 e. The summed E-state index contributed by atoms with van der Waals surface area (Å²) >= 11 is 0. The first-order valence-corrected chi connectivity index (χ1v) is 7.76. The molecule has 0 aliphatic carbocycles. The van der Waals surface area contributed by atoms with E-state index in [9.17, 15) is 13.5 Å². The van der Waals surface area contributed by atoms with Crippen LogP contribution in [-0.2, 0) is 14.8 Å². The summed E-state index contributed by atoms with van der Waals surface area (Å²) in [4.78, 5) is 0.0654. The summed E-state index contributed by atoms with van der Waals surface area (Å²) in [6, 6.07) is 5.59. The van der Waals surface area contributed by atoms with E-state index >= 15 is 0 Å². The molecule has 5 nitrogen and oxygen atoms in total. The van der Waals surface area contributed by atoms with Gasteiger partial charge in [-0.15, -0.1) is 0 Å². The van der Waals surface area contributed by atoms with Crippen molar-refractivity contribution < 1.29 is 18.3 Å². The quantitative estimate of drug-likeness (QED) is 0.714. The monoisotopic (exact) mass is 287 g/mol. The van der Waals surface area contributed by atoms with E-state index in [1.54, 1.807) is 0 Å². The van der Waals surface area contributed by atoms with Crippen molar-refractivity contribution in [1.29, 1.82) is 0 Å². The van der Waals surface area contributed by atoms with E-state index in [1.165, 1.54) is 24.3 Å². The van der Waals surface area contributed by atoms with Crippen LogP contribution < -0.4 is 4.72 Å². The zero-order valence-corrected chi connectivity index (χ0v) is 12.1. The van der Waals surface area contributed by atoms with Crippen LogP contribution in [0, 0.1) is 5.92 Å². The summed E-state index contributed by atoms with van der Waals surface area (Å²) in [5.41, 5.74) is 0. The van der Waals surface area contributed by atoms with E-state index in [4.69, 9.17) is 4.74 Å². The lowest BCUT2D eigenvalue weighted by Crippen LogP contribution is -2.25. The van der Waals surface area contributed by atoms with Gasteiger partial charge in [0, 0.05) is 19.8 Å². The maximum atomic E-state index is 11.9. The fourth-order valence-corrected chi connectivity index (χ4v) is 2.55. The molecule has 0 spiro atoms. The molecule has 6 heteroatoms. The molecule has 108 valence electrons. The first kappa shape index (κ1) is 15.9. The van der Waals surface area contributed by atoms with E-state index in [1.807, 2.05) is 0 Å². The Balaban J connectivity index is 2.36. The molecular formula is C13H21NO4S. The van der Waals surface area contributed by atoms with E-state index in [0.29, 0.717) is 32.1 Å². The van der Waals surface area contributed by atoms with Gasteiger partial charge in [0.2, 0.25) is 10.0 Å². The number of ether oxygens (including phenoxy) is 1. The van der Waals surface area contributed by atoms with Gasteiger partial charge in [0.15, 0.2) is 0 Å². The smallest absolute Gasteiger partial charge is 0.240 e. The van der Waals surface area contributed by atoms with E-state index < -0.39 is 10.0 Å². The fraction of sp³-hybridized carbons (Fsp3) is 0.538. The molecule has 0 atom stereocenters. The van der Waals surface area contributed by atoms with Crippen LogP contribution in [0.5, 0.6) is 5.75 Å². The van der Waals surface area contributed by atoms with Crippen molar-refractivity contribution in [3.8, 4) is 5.75 Å². The lowest BCUT2D eigenvalue weighted by molar-refractivity contribution is 0.108. The van der Waals surface area contributed by atoms with Crippen molar-refractivity contribution in [2.45, 2.75) is 25.2 Å². The summed E-state index contributed by atoms with van der Waals surface area (Å²) in [6.07, 6.45) is 0.616. The molecule has 2 N–H and O–H groups in total. The molecule has 1 rings (SSSR count). The Kier molecular flexibility index (Phi) is 6.27. The maximum Gasteiger partial charge on any atom is 0.240 e. The van der Waals surface area contributed by atoms with Gasteiger partial charge in [-0.25, -0.2) is 13.1 Å². The predicted molar refractivity (Wildman–Crippen MR) is 73.6 cm³/mol. The van der Waals surface area contributed by atoms with Crippen LogP contribution >= 0.6 is 0 Å². The minimum atomic E-state index is -3.55. The molecule has 1 aromatic carbocycles. The molecular weight excluding hydrogens is 266 g/mol. The van der Waals surface area contributed by atoms with Crippen molar-refractivity contribution in [2.75, 3.05) is 19.8 Å². The van der Waals surface area contributed by atoms with Gasteiger partial charge < -0.3 is 9.84 Å². The Morgan fingerprint density at radius 2 is 2.11 bits per heavy atom. The van der Waals surface area contributed by atoms with Crippen molar-refractivity contribution in [3.63, 3.8) is 0 Å². The Hall–Kier alpha value is -1.11. The molecule has 0 aromatic heterocycles. The Morgan fingerprint density at radius 1 is 1.37 bits per heavy atom. The van der Waals surface area contributed by atoms with Crippen molar-refractivity contribution in [3.05, 3.63) is 24.3 Å². The highest BCUT2D eigenvalue weighted by molar-refractivity contribution is 7.89. The largest absolute Gasteiger partial charge is 0.508 e. The van der Waals surface area contributed by atoms with Gasteiger partial charge in [0.25, 0.3) is 0 Å². The van der Waals surface area contributed by atoms with Gasteiger partial charge in [-0.05, 0) is 30.5 Å². The van der Waals surface area contributed by atoms with Crippen LogP contribution in [0.3, 0.4) is 0 Å². The molecule has 0 unspecified atom stereocenters. The zero-order valence-electron chi connectivity index (χ0n) is 11.3. The van der Waals surface area contributed by atoms with Crippen LogP contribution in [-0.4, -0.2) is 33.3 Å². The van der Waals surface area contributed by atoms with Gasteiger partial charge in [-0.3, -0.25) is 0 Å². The van der Waals surface area contributed by atoms with Crippen LogP contribution in [0.1, 0.15) is 20.3 Å². The number of benzene rings is 1. The van der Waals surface area contributed by atoms with Crippen LogP contribution in [0.25, 0.3) is 0 Å². The number of aromatic hydroxyl groups is 1. The maximum absolute atomic E-state index is 11.9. The minimum absolute atomic E-state index is 0.0654. The molecule has 0 aliphatic heterocycles. The van der Waals surface area contributed by atoms with E-state index in [0.717, 1.165) is 0 Å². The molecule has 0 bridgehead atoms. The molecule has 0 fully saturated rings. The Labute approximate surface area is 114 Å². The third-order valence-electron chi connectivity index (χ3n) is 2.34. The highest BCUT2D eigenvalue weighted by atomic mass is 32.2. The molecule has 0 saturated carbocycles. The Bertz CT molecular complexity index is 485. The first-order chi connectivity index (χ1) is 8.92. The number of hydrogen-bond acceptors (Lipinski definition) is 4. The van der Waals surface area contributed by atoms with E-state index in [2.05, 4.69) is 18.6 Å². The van der Waals surface area contributed by atoms with Crippen molar-refractivity contribution >= 4 is 10.0 Å². The second-order valence-electron chi connectivity index (χ2n) is 4.72. The number of sulfonamides is 1. The average Bonchev–Trinajstić information content (AvgIpc) is 2.33. The molecule has 0 amide bonds.